The van der Waals surface area contributed by atoms with E-state index in [1.54, 1.807) is 51.1 Å². The minimum atomic E-state index is -4.13. The predicted molar refractivity (Wildman–Crippen MR) is 147 cm³/mol. The number of halogens is 1. The van der Waals surface area contributed by atoms with E-state index in [0.717, 1.165) is 15.4 Å². The molecule has 1 N–H and O–H groups in total. The number of rotatable bonds is 10. The standard InChI is InChI=1S/C28H32ClN3O4S/c1-5-30-28(34)22(4)31(18-23-12-10-9-11-20(23)2)27(33)19-32(26-17-24(29)16-15-21(26)3)37(35,36)25-13-7-6-8-14-25/h6-17,22H,5,18-19H2,1-4H3,(H,30,34)/t22-/m1/s1. The van der Waals surface area contributed by atoms with Crippen LogP contribution in [0.2, 0.25) is 5.02 Å². The smallest absolute Gasteiger partial charge is 0.264 e. The first-order valence-electron chi connectivity index (χ1n) is 12.0. The van der Waals surface area contributed by atoms with Crippen LogP contribution < -0.4 is 9.62 Å². The number of sulfonamides is 1. The van der Waals surface area contributed by atoms with Gasteiger partial charge in [0, 0.05) is 18.1 Å². The molecule has 3 aromatic carbocycles. The molecule has 3 aromatic rings. The van der Waals surface area contributed by atoms with Gasteiger partial charge in [0.15, 0.2) is 0 Å². The quantitative estimate of drug-likeness (QED) is 0.403. The zero-order valence-electron chi connectivity index (χ0n) is 21.4. The molecule has 0 saturated carbocycles. The highest BCUT2D eigenvalue weighted by atomic mass is 35.5. The van der Waals surface area contributed by atoms with Gasteiger partial charge in [-0.1, -0.05) is 60.1 Å². The molecule has 1 atom stereocenters. The molecule has 2 amide bonds. The molecule has 0 spiro atoms. The van der Waals surface area contributed by atoms with Crippen LogP contribution in [0.15, 0.2) is 77.7 Å². The number of carbonyl (C=O) groups excluding carboxylic acids is 2. The number of aryl methyl sites for hydroxylation is 2. The minimum absolute atomic E-state index is 0.0457. The van der Waals surface area contributed by atoms with Crippen LogP contribution in [0.3, 0.4) is 0 Å². The maximum Gasteiger partial charge on any atom is 0.264 e. The normalized spacial score (nSPS) is 12.0. The van der Waals surface area contributed by atoms with Crippen molar-refractivity contribution >= 4 is 39.1 Å². The zero-order valence-corrected chi connectivity index (χ0v) is 23.0. The third kappa shape index (κ3) is 6.70. The maximum atomic E-state index is 13.9. The Morgan fingerprint density at radius 3 is 2.24 bits per heavy atom. The molecule has 9 heteroatoms. The second-order valence-corrected chi connectivity index (χ2v) is 11.1. The van der Waals surface area contributed by atoms with Gasteiger partial charge in [0.1, 0.15) is 12.6 Å². The lowest BCUT2D eigenvalue weighted by atomic mass is 10.1. The highest BCUT2D eigenvalue weighted by Crippen LogP contribution is 2.30. The first kappa shape index (κ1) is 28.2. The van der Waals surface area contributed by atoms with E-state index in [1.807, 2.05) is 31.2 Å². The van der Waals surface area contributed by atoms with Gasteiger partial charge in [-0.25, -0.2) is 8.42 Å². The molecule has 0 saturated heterocycles. The summed E-state index contributed by atoms with van der Waals surface area (Å²) in [6, 6.07) is 19.6. The van der Waals surface area contributed by atoms with E-state index in [2.05, 4.69) is 5.32 Å². The predicted octanol–water partition coefficient (Wildman–Crippen LogP) is 4.71. The van der Waals surface area contributed by atoms with E-state index >= 15 is 0 Å². The van der Waals surface area contributed by atoms with Gasteiger partial charge in [-0.05, 0) is 68.7 Å². The van der Waals surface area contributed by atoms with Crippen molar-refractivity contribution in [1.29, 1.82) is 0 Å². The monoisotopic (exact) mass is 541 g/mol. The molecule has 7 nitrogen and oxygen atoms in total. The van der Waals surface area contributed by atoms with Crippen molar-refractivity contribution in [3.05, 3.63) is 94.5 Å². The third-order valence-electron chi connectivity index (χ3n) is 6.17. The summed E-state index contributed by atoms with van der Waals surface area (Å²) in [5, 5.41) is 3.10. The minimum Gasteiger partial charge on any atom is -0.355 e. The maximum absolute atomic E-state index is 13.9. The molecule has 0 aliphatic heterocycles. The highest BCUT2D eigenvalue weighted by molar-refractivity contribution is 7.92. The molecule has 0 heterocycles. The van der Waals surface area contributed by atoms with Crippen LogP contribution in [0.25, 0.3) is 0 Å². The van der Waals surface area contributed by atoms with Gasteiger partial charge >= 0.3 is 0 Å². The molecule has 196 valence electrons. The van der Waals surface area contributed by atoms with Crippen molar-refractivity contribution in [1.82, 2.24) is 10.2 Å². The number of likely N-dealkylation sites (N-methyl/N-ethyl adjacent to an activating group) is 1. The summed E-state index contributed by atoms with van der Waals surface area (Å²) in [4.78, 5) is 28.1. The molecule has 3 rings (SSSR count). The van der Waals surface area contributed by atoms with Crippen molar-refractivity contribution < 1.29 is 18.0 Å². The summed E-state index contributed by atoms with van der Waals surface area (Å²) in [5.41, 5.74) is 2.76. The Morgan fingerprint density at radius 1 is 0.946 bits per heavy atom. The Kier molecular flexibility index (Phi) is 9.34. The van der Waals surface area contributed by atoms with Crippen molar-refractivity contribution in [2.45, 2.75) is 45.2 Å². The Balaban J connectivity index is 2.07. The lowest BCUT2D eigenvalue weighted by Crippen LogP contribution is -2.51. The van der Waals surface area contributed by atoms with Gasteiger partial charge < -0.3 is 10.2 Å². The summed E-state index contributed by atoms with van der Waals surface area (Å²) >= 11 is 6.24. The van der Waals surface area contributed by atoms with Crippen molar-refractivity contribution in [2.75, 3.05) is 17.4 Å². The molecule has 0 radical (unpaired) electrons. The fraction of sp³-hybridized carbons (Fsp3) is 0.286. The average Bonchev–Trinajstić information content (AvgIpc) is 2.88. The topological polar surface area (TPSA) is 86.8 Å². The molecule has 0 aliphatic rings. The van der Waals surface area contributed by atoms with Crippen molar-refractivity contribution in [3.8, 4) is 0 Å². The average molecular weight is 542 g/mol. The van der Waals surface area contributed by atoms with Crippen LogP contribution in [0.5, 0.6) is 0 Å². The van der Waals surface area contributed by atoms with E-state index in [0.29, 0.717) is 22.8 Å². The van der Waals surface area contributed by atoms with Crippen LogP contribution in [0.4, 0.5) is 5.69 Å². The van der Waals surface area contributed by atoms with Gasteiger partial charge in [-0.15, -0.1) is 0 Å². The number of amides is 2. The van der Waals surface area contributed by atoms with E-state index in [9.17, 15) is 18.0 Å². The summed E-state index contributed by atoms with van der Waals surface area (Å²) in [6.07, 6.45) is 0. The number of anilines is 1. The summed E-state index contributed by atoms with van der Waals surface area (Å²) < 4.78 is 28.7. The Morgan fingerprint density at radius 2 is 1.59 bits per heavy atom. The van der Waals surface area contributed by atoms with Crippen molar-refractivity contribution in [2.24, 2.45) is 0 Å². The summed E-state index contributed by atoms with van der Waals surface area (Å²) in [6.45, 7) is 7.18. The second-order valence-electron chi connectivity index (χ2n) is 8.77. The highest BCUT2D eigenvalue weighted by Gasteiger charge is 2.33. The molecule has 0 unspecified atom stereocenters. The van der Waals surface area contributed by atoms with E-state index in [4.69, 9.17) is 11.6 Å². The molecule has 37 heavy (non-hydrogen) atoms. The number of carbonyl (C=O) groups is 2. The van der Waals surface area contributed by atoms with Crippen LogP contribution in [0, 0.1) is 13.8 Å². The van der Waals surface area contributed by atoms with Gasteiger partial charge in [0.25, 0.3) is 10.0 Å². The Labute approximate surface area is 224 Å². The van der Waals surface area contributed by atoms with E-state index in [-0.39, 0.29) is 17.3 Å². The van der Waals surface area contributed by atoms with Crippen LogP contribution in [0.1, 0.15) is 30.5 Å². The largest absolute Gasteiger partial charge is 0.355 e. The van der Waals surface area contributed by atoms with E-state index in [1.165, 1.54) is 23.1 Å². The lowest BCUT2D eigenvalue weighted by molar-refractivity contribution is -0.139. The summed E-state index contributed by atoms with van der Waals surface area (Å²) in [7, 11) is -4.13. The van der Waals surface area contributed by atoms with Gasteiger partial charge in [-0.3, -0.25) is 13.9 Å². The van der Waals surface area contributed by atoms with Gasteiger partial charge in [0.2, 0.25) is 11.8 Å². The number of hydrogen-bond donors (Lipinski definition) is 1. The molecule has 0 aromatic heterocycles. The molecule has 0 bridgehead atoms. The Hall–Kier alpha value is -3.36. The lowest BCUT2D eigenvalue weighted by Gasteiger charge is -2.32. The first-order chi connectivity index (χ1) is 17.6. The van der Waals surface area contributed by atoms with E-state index < -0.39 is 28.5 Å². The Bertz CT molecular complexity index is 1360. The van der Waals surface area contributed by atoms with Gasteiger partial charge in [0.05, 0.1) is 10.6 Å². The number of nitrogens with one attached hydrogen (secondary N) is 1. The van der Waals surface area contributed by atoms with Crippen LogP contribution in [-0.4, -0.2) is 44.3 Å². The van der Waals surface area contributed by atoms with Gasteiger partial charge in [-0.2, -0.15) is 0 Å². The van der Waals surface area contributed by atoms with Crippen LogP contribution >= 0.6 is 11.6 Å². The second kappa shape index (κ2) is 12.3. The van der Waals surface area contributed by atoms with Crippen LogP contribution in [-0.2, 0) is 26.2 Å². The molecule has 0 aliphatic carbocycles. The fourth-order valence-corrected chi connectivity index (χ4v) is 5.62. The number of hydrogen-bond acceptors (Lipinski definition) is 4. The fourth-order valence-electron chi connectivity index (χ4n) is 3.96. The molecular weight excluding hydrogens is 510 g/mol. The number of nitrogens with zero attached hydrogens (tertiary/aromatic N) is 2. The SMILES string of the molecule is CCNC(=O)[C@@H](C)N(Cc1ccccc1C)C(=O)CN(c1cc(Cl)ccc1C)S(=O)(=O)c1ccccc1. The number of benzene rings is 3. The molecule has 0 fully saturated rings. The first-order valence-corrected chi connectivity index (χ1v) is 13.8. The summed E-state index contributed by atoms with van der Waals surface area (Å²) in [5.74, 6) is -0.832. The third-order valence-corrected chi connectivity index (χ3v) is 8.18. The molecular formula is C28H32ClN3O4S. The zero-order chi connectivity index (χ0) is 27.2. The van der Waals surface area contributed by atoms with Crippen molar-refractivity contribution in [3.63, 3.8) is 0 Å².